The Morgan fingerprint density at radius 1 is 1.00 bits per heavy atom. The molecule has 0 saturated carbocycles. The highest BCUT2D eigenvalue weighted by atomic mass is 127. The van der Waals surface area contributed by atoms with Gasteiger partial charge in [0.2, 0.25) is 0 Å². The van der Waals surface area contributed by atoms with Gasteiger partial charge in [0.05, 0.1) is 4.90 Å². The number of rotatable bonds is 6. The Morgan fingerprint density at radius 3 is 2.22 bits per heavy atom. The minimum absolute atomic E-state index is 0.0138. The van der Waals surface area contributed by atoms with Crippen molar-refractivity contribution < 1.29 is 13.5 Å². The molecule has 2 aromatic rings. The second-order valence-corrected chi connectivity index (χ2v) is 8.22. The summed E-state index contributed by atoms with van der Waals surface area (Å²) in [5.74, 6) is 5.90. The van der Waals surface area contributed by atoms with Gasteiger partial charge in [0.25, 0.3) is 10.0 Å². The summed E-state index contributed by atoms with van der Waals surface area (Å²) < 4.78 is 30.0. The number of halogens is 1. The average molecular weight is 493 g/mol. The summed E-state index contributed by atoms with van der Waals surface area (Å²) in [4.78, 5) is 0.201. The molecule has 27 heavy (non-hydrogen) atoms. The molecule has 0 aliphatic carbocycles. The largest absolute Gasteiger partial charge is 0.396 e. The average Bonchev–Trinajstić information content (AvgIpc) is 2.66. The fraction of sp³-hybridized carbons (Fsp3) is 0.238. The third kappa shape index (κ3) is 6.00. The van der Waals surface area contributed by atoms with E-state index in [-0.39, 0.29) is 18.0 Å². The monoisotopic (exact) mass is 493 g/mol. The van der Waals surface area contributed by atoms with E-state index in [2.05, 4.69) is 21.8 Å². The molecule has 0 radical (unpaired) electrons. The molecule has 0 amide bonds. The Morgan fingerprint density at radius 2 is 1.63 bits per heavy atom. The molecule has 6 heteroatoms. The van der Waals surface area contributed by atoms with Crippen LogP contribution in [0.5, 0.6) is 0 Å². The number of hydrogen-bond acceptors (Lipinski definition) is 3. The Hall–Kier alpha value is -2.00. The molecule has 0 aliphatic heterocycles. The summed E-state index contributed by atoms with van der Waals surface area (Å²) in [6, 6.07) is 16.8. The molecule has 0 atom stereocenters. The van der Waals surface area contributed by atoms with Crippen LogP contribution in [0.15, 0.2) is 53.4 Å². The van der Waals surface area contributed by atoms with Crippen LogP contribution in [0.3, 0.4) is 0 Å². The Kier molecular flexibility index (Phi) is 8.18. The van der Waals surface area contributed by atoms with Crippen LogP contribution in [0.25, 0.3) is 0 Å². The lowest BCUT2D eigenvalue weighted by Gasteiger charge is -2.18. The maximum absolute atomic E-state index is 13.0. The fourth-order valence-corrected chi connectivity index (χ4v) is 3.88. The molecule has 0 fully saturated rings. The summed E-state index contributed by atoms with van der Waals surface area (Å²) in [6.07, 6.45) is 1.03. The minimum Gasteiger partial charge on any atom is -0.396 e. The van der Waals surface area contributed by atoms with Gasteiger partial charge in [0.15, 0.2) is 0 Å². The van der Waals surface area contributed by atoms with Gasteiger partial charge < -0.3 is 5.11 Å². The van der Waals surface area contributed by atoms with Gasteiger partial charge in [-0.15, -0.1) is 0 Å². The zero-order chi connectivity index (χ0) is 19.7. The number of benzene rings is 2. The first-order valence-corrected chi connectivity index (χ1v) is 10.9. The summed E-state index contributed by atoms with van der Waals surface area (Å²) >= 11 is 1.96. The third-order valence-electron chi connectivity index (χ3n) is 3.80. The van der Waals surface area contributed by atoms with Crippen molar-refractivity contribution in [3.05, 3.63) is 65.2 Å². The highest BCUT2D eigenvalue weighted by molar-refractivity contribution is 14.1. The lowest BCUT2D eigenvalue weighted by Crippen LogP contribution is -2.28. The van der Waals surface area contributed by atoms with E-state index in [1.165, 1.54) is 0 Å². The van der Waals surface area contributed by atoms with Crippen molar-refractivity contribution in [1.82, 2.24) is 4.31 Å². The van der Waals surface area contributed by atoms with Crippen LogP contribution in [0.1, 0.15) is 29.5 Å². The Labute approximate surface area is 174 Å². The normalized spacial score (nSPS) is 10.3. The summed E-state index contributed by atoms with van der Waals surface area (Å²) in [6.45, 7) is 2.13. The van der Waals surface area contributed by atoms with Crippen LogP contribution in [0.2, 0.25) is 0 Å². The van der Waals surface area contributed by atoms with Crippen LogP contribution in [-0.2, 0) is 10.0 Å². The highest BCUT2D eigenvalue weighted by Gasteiger charge is 2.21. The zero-order valence-corrected chi connectivity index (χ0v) is 17.9. The molecular formula is C21H20INO3S. The molecular weight excluding hydrogens is 473 g/mol. The van der Waals surface area contributed by atoms with Crippen molar-refractivity contribution in [2.24, 2.45) is 0 Å². The maximum atomic E-state index is 13.0. The van der Waals surface area contributed by atoms with Crippen molar-refractivity contribution in [2.45, 2.75) is 24.7 Å². The fourth-order valence-electron chi connectivity index (χ4n) is 2.32. The van der Waals surface area contributed by atoms with Gasteiger partial charge in [-0.3, -0.25) is 0 Å². The molecule has 0 aromatic heterocycles. The van der Waals surface area contributed by atoms with Crippen LogP contribution in [0.4, 0.5) is 0 Å². The first-order valence-electron chi connectivity index (χ1n) is 8.41. The van der Waals surface area contributed by atoms with Gasteiger partial charge >= 0.3 is 0 Å². The molecule has 0 unspecified atom stereocenters. The quantitative estimate of drug-likeness (QED) is 0.290. The van der Waals surface area contributed by atoms with E-state index in [1.54, 1.807) is 24.3 Å². The number of aryl methyl sites for hydroxylation is 1. The van der Waals surface area contributed by atoms with Crippen LogP contribution in [0, 0.1) is 28.7 Å². The van der Waals surface area contributed by atoms with E-state index in [0.717, 1.165) is 15.4 Å². The van der Waals surface area contributed by atoms with Crippen molar-refractivity contribution >= 4 is 32.6 Å². The standard InChI is InChI=1S/C21H20INO3S/c1-18-8-10-21(11-9-18)27(25,26)23(15-4-5-17-24)16-13-20-7-3-2-6-19(20)12-14-22/h2-3,6-11,24H,4-5,15,17H2,1H3. The number of aliphatic hydroxyl groups is 1. The molecule has 0 heterocycles. The van der Waals surface area contributed by atoms with E-state index < -0.39 is 10.0 Å². The van der Waals surface area contributed by atoms with E-state index in [9.17, 15) is 8.42 Å². The number of hydrogen-bond donors (Lipinski definition) is 1. The minimum atomic E-state index is -3.75. The van der Waals surface area contributed by atoms with Crippen LogP contribution >= 0.6 is 22.6 Å². The van der Waals surface area contributed by atoms with E-state index in [4.69, 9.17) is 5.11 Å². The smallest absolute Gasteiger partial charge is 0.270 e. The second kappa shape index (κ2) is 10.4. The predicted molar refractivity (Wildman–Crippen MR) is 116 cm³/mol. The predicted octanol–water partition coefficient (Wildman–Crippen LogP) is 3.51. The van der Waals surface area contributed by atoms with E-state index in [0.29, 0.717) is 18.4 Å². The molecule has 0 spiro atoms. The zero-order valence-electron chi connectivity index (χ0n) is 14.9. The highest BCUT2D eigenvalue weighted by Crippen LogP contribution is 2.17. The molecule has 0 aliphatic rings. The van der Waals surface area contributed by atoms with Gasteiger partial charge in [0, 0.05) is 52.9 Å². The topological polar surface area (TPSA) is 57.6 Å². The van der Waals surface area contributed by atoms with Crippen molar-refractivity contribution in [3.63, 3.8) is 0 Å². The molecule has 0 saturated heterocycles. The van der Waals surface area contributed by atoms with Gasteiger partial charge in [-0.25, -0.2) is 12.7 Å². The van der Waals surface area contributed by atoms with Gasteiger partial charge in [-0.05, 0) is 53.9 Å². The third-order valence-corrected chi connectivity index (χ3v) is 5.79. The number of nitrogens with zero attached hydrogens (tertiary/aromatic N) is 1. The SMILES string of the molecule is Cc1ccc(S(=O)(=O)N(C#Cc2ccccc2C#CI)CCCCO)cc1. The molecule has 0 bridgehead atoms. The second-order valence-electron chi connectivity index (χ2n) is 5.82. The number of unbranched alkanes of at least 4 members (excludes halogenated alkanes) is 1. The molecule has 4 nitrogen and oxygen atoms in total. The van der Waals surface area contributed by atoms with Gasteiger partial charge in [0.1, 0.15) is 0 Å². The number of aliphatic hydroxyl groups excluding tert-OH is 1. The van der Waals surface area contributed by atoms with Gasteiger partial charge in [-0.1, -0.05) is 35.7 Å². The van der Waals surface area contributed by atoms with Crippen LogP contribution < -0.4 is 0 Å². The molecule has 140 valence electrons. The van der Waals surface area contributed by atoms with Crippen molar-refractivity contribution in [1.29, 1.82) is 0 Å². The lowest BCUT2D eigenvalue weighted by molar-refractivity contribution is 0.281. The summed E-state index contributed by atoms with van der Waals surface area (Å²) in [7, 11) is -3.75. The number of sulfonamides is 1. The van der Waals surface area contributed by atoms with Gasteiger partial charge in [-0.2, -0.15) is 0 Å². The van der Waals surface area contributed by atoms with E-state index in [1.807, 2.05) is 53.8 Å². The lowest BCUT2D eigenvalue weighted by atomic mass is 10.1. The Balaban J connectivity index is 2.41. The maximum Gasteiger partial charge on any atom is 0.270 e. The van der Waals surface area contributed by atoms with E-state index >= 15 is 0 Å². The molecule has 1 N–H and O–H groups in total. The van der Waals surface area contributed by atoms with Crippen LogP contribution in [-0.4, -0.2) is 31.0 Å². The Bertz CT molecular complexity index is 993. The first-order chi connectivity index (χ1) is 13.0. The van der Waals surface area contributed by atoms with Crippen molar-refractivity contribution in [3.8, 4) is 21.8 Å². The summed E-state index contributed by atoms with van der Waals surface area (Å²) in [5.41, 5.74) is 2.41. The molecule has 2 aromatic carbocycles. The van der Waals surface area contributed by atoms with Crippen molar-refractivity contribution in [2.75, 3.05) is 13.2 Å². The summed E-state index contributed by atoms with van der Waals surface area (Å²) in [5, 5.41) is 9.01. The first kappa shape index (κ1) is 21.3. The molecule has 2 rings (SSSR count).